The van der Waals surface area contributed by atoms with Crippen molar-refractivity contribution in [2.45, 2.75) is 84.9 Å². The first kappa shape index (κ1) is 24.7. The Morgan fingerprint density at radius 2 is 2.00 bits per heavy atom. The Hall–Kier alpha value is -2.90. The lowest BCUT2D eigenvalue weighted by Gasteiger charge is -2.33. The zero-order valence-corrected chi connectivity index (χ0v) is 20.5. The fourth-order valence-corrected chi connectivity index (χ4v) is 4.22. The smallest absolute Gasteiger partial charge is 0.410 e. The highest BCUT2D eigenvalue weighted by Crippen LogP contribution is 2.33. The lowest BCUT2D eigenvalue weighted by atomic mass is 9.83. The number of rotatable bonds is 8. The molecule has 1 aromatic carbocycles. The average molecular weight is 457 g/mol. The van der Waals surface area contributed by atoms with Gasteiger partial charge in [-0.25, -0.2) is 4.79 Å². The molecule has 0 aliphatic carbocycles. The molecule has 0 saturated heterocycles. The van der Waals surface area contributed by atoms with E-state index in [-0.39, 0.29) is 18.0 Å². The number of fused-ring (bicyclic) bond motifs is 1. The van der Waals surface area contributed by atoms with Crippen LogP contribution in [0.1, 0.15) is 75.8 Å². The highest BCUT2D eigenvalue weighted by molar-refractivity contribution is 5.71. The summed E-state index contributed by atoms with van der Waals surface area (Å²) >= 11 is 0. The van der Waals surface area contributed by atoms with E-state index in [1.54, 1.807) is 4.90 Å². The van der Waals surface area contributed by atoms with E-state index < -0.39 is 5.60 Å². The molecule has 0 spiro atoms. The summed E-state index contributed by atoms with van der Waals surface area (Å²) in [5.41, 5.74) is 3.89. The monoisotopic (exact) mass is 456 g/mol. The van der Waals surface area contributed by atoms with Crippen molar-refractivity contribution < 1.29 is 19.1 Å². The van der Waals surface area contributed by atoms with Crippen LogP contribution in [0.5, 0.6) is 0 Å². The summed E-state index contributed by atoms with van der Waals surface area (Å²) in [5.74, 6) is -0.178. The van der Waals surface area contributed by atoms with Crippen molar-refractivity contribution in [2.24, 2.45) is 0 Å². The first-order valence-corrected chi connectivity index (χ1v) is 11.8. The van der Waals surface area contributed by atoms with E-state index >= 15 is 0 Å². The number of nitrogens with zero attached hydrogens (tertiary/aromatic N) is 4. The molecule has 0 bridgehead atoms. The Labute approximate surface area is 196 Å². The molecule has 0 saturated carbocycles. The van der Waals surface area contributed by atoms with Gasteiger partial charge in [-0.1, -0.05) is 23.4 Å². The number of carbonyl (C=O) groups is 2. The van der Waals surface area contributed by atoms with Gasteiger partial charge in [0.05, 0.1) is 18.7 Å². The lowest BCUT2D eigenvalue weighted by Crippen LogP contribution is -2.40. The van der Waals surface area contributed by atoms with Crippen LogP contribution in [-0.4, -0.2) is 50.7 Å². The quantitative estimate of drug-likeness (QED) is 0.552. The summed E-state index contributed by atoms with van der Waals surface area (Å²) in [7, 11) is 0. The van der Waals surface area contributed by atoms with Crippen molar-refractivity contribution in [1.82, 2.24) is 19.9 Å². The van der Waals surface area contributed by atoms with Crippen molar-refractivity contribution in [3.63, 3.8) is 0 Å². The van der Waals surface area contributed by atoms with Gasteiger partial charge in [-0.05, 0) is 76.5 Å². The number of ether oxygens (including phenoxy) is 2. The molecule has 1 amide bonds. The average Bonchev–Trinajstić information content (AvgIpc) is 3.23. The van der Waals surface area contributed by atoms with Gasteiger partial charge in [0, 0.05) is 25.8 Å². The van der Waals surface area contributed by atoms with E-state index in [1.807, 2.05) is 51.6 Å². The third-order valence-electron chi connectivity index (χ3n) is 5.77. The van der Waals surface area contributed by atoms with Gasteiger partial charge in [0.25, 0.3) is 0 Å². The number of aryl methyl sites for hydroxylation is 2. The Morgan fingerprint density at radius 3 is 2.67 bits per heavy atom. The van der Waals surface area contributed by atoms with Crippen LogP contribution in [0.15, 0.2) is 24.4 Å². The minimum absolute atomic E-state index is 0.0128. The van der Waals surface area contributed by atoms with E-state index in [0.29, 0.717) is 26.1 Å². The highest BCUT2D eigenvalue weighted by Gasteiger charge is 2.29. The molecule has 33 heavy (non-hydrogen) atoms. The predicted octanol–water partition coefficient (Wildman–Crippen LogP) is 4.26. The molecular weight excluding hydrogens is 420 g/mol. The summed E-state index contributed by atoms with van der Waals surface area (Å²) in [6.45, 7) is 11.7. The molecular formula is C25H36N4O4. The summed E-state index contributed by atoms with van der Waals surface area (Å²) in [6, 6.07) is 6.18. The molecule has 2 heterocycles. The molecule has 2 aromatic rings. The maximum atomic E-state index is 12.6. The molecule has 3 rings (SSSR count). The fourth-order valence-electron chi connectivity index (χ4n) is 4.22. The summed E-state index contributed by atoms with van der Waals surface area (Å²) < 4.78 is 12.6. The van der Waals surface area contributed by atoms with Crippen LogP contribution in [0, 0.1) is 0 Å². The maximum absolute atomic E-state index is 12.6. The van der Waals surface area contributed by atoms with Gasteiger partial charge in [-0.3, -0.25) is 9.48 Å². The highest BCUT2D eigenvalue weighted by atomic mass is 16.6. The predicted molar refractivity (Wildman–Crippen MR) is 125 cm³/mol. The van der Waals surface area contributed by atoms with Gasteiger partial charge >= 0.3 is 12.1 Å². The van der Waals surface area contributed by atoms with Gasteiger partial charge in [0.1, 0.15) is 5.60 Å². The first-order valence-electron chi connectivity index (χ1n) is 11.8. The second kappa shape index (κ2) is 10.8. The normalized spacial score (nSPS) is 14.5. The Morgan fingerprint density at radius 1 is 1.21 bits per heavy atom. The fraction of sp³-hybridized carbons (Fsp3) is 0.600. The van der Waals surface area contributed by atoms with Crippen molar-refractivity contribution in [3.8, 4) is 0 Å². The van der Waals surface area contributed by atoms with Gasteiger partial charge in [-0.15, -0.1) is 5.10 Å². The minimum Gasteiger partial charge on any atom is -0.466 e. The molecule has 8 heteroatoms. The van der Waals surface area contributed by atoms with Gasteiger partial charge in [0.2, 0.25) is 0 Å². The van der Waals surface area contributed by atoms with E-state index in [1.165, 1.54) is 5.56 Å². The number of hydrogen-bond acceptors (Lipinski definition) is 6. The van der Waals surface area contributed by atoms with Crippen LogP contribution < -0.4 is 0 Å². The van der Waals surface area contributed by atoms with Crippen molar-refractivity contribution in [3.05, 3.63) is 46.8 Å². The van der Waals surface area contributed by atoms with E-state index in [2.05, 4.69) is 22.4 Å². The van der Waals surface area contributed by atoms with Gasteiger partial charge < -0.3 is 14.4 Å². The lowest BCUT2D eigenvalue weighted by molar-refractivity contribution is -0.143. The zero-order valence-electron chi connectivity index (χ0n) is 20.5. The maximum Gasteiger partial charge on any atom is 0.410 e. The van der Waals surface area contributed by atoms with Crippen LogP contribution >= 0.6 is 0 Å². The van der Waals surface area contributed by atoms with E-state index in [0.717, 1.165) is 42.6 Å². The molecule has 180 valence electrons. The van der Waals surface area contributed by atoms with Crippen molar-refractivity contribution >= 4 is 12.1 Å². The Balaban J connectivity index is 1.80. The van der Waals surface area contributed by atoms with Crippen molar-refractivity contribution in [2.75, 3.05) is 13.2 Å². The second-order valence-corrected chi connectivity index (χ2v) is 9.45. The third-order valence-corrected chi connectivity index (χ3v) is 5.77. The number of hydrogen-bond donors (Lipinski definition) is 0. The number of carbonyl (C=O) groups excluding carboxylic acids is 2. The topological polar surface area (TPSA) is 86.6 Å². The van der Waals surface area contributed by atoms with Gasteiger partial charge in [-0.2, -0.15) is 0 Å². The molecule has 8 nitrogen and oxygen atoms in total. The molecule has 1 unspecified atom stereocenters. The van der Waals surface area contributed by atoms with Crippen LogP contribution in [0.3, 0.4) is 0 Å². The van der Waals surface area contributed by atoms with E-state index in [4.69, 9.17) is 9.47 Å². The molecule has 1 aromatic heterocycles. The molecule has 1 aliphatic heterocycles. The number of amides is 1. The SMILES string of the molecule is CCOC(=O)CC(CCc1cn(CC)nn1)c1cccc2c1CCN(C(=O)OC(C)(C)C)C2. The minimum atomic E-state index is -0.524. The molecule has 0 N–H and O–H groups in total. The Bertz CT molecular complexity index is 964. The second-order valence-electron chi connectivity index (χ2n) is 9.45. The van der Waals surface area contributed by atoms with Crippen LogP contribution in [0.2, 0.25) is 0 Å². The molecule has 0 radical (unpaired) electrons. The number of esters is 1. The standard InChI is InChI=1S/C25H36N4O4/c1-6-29-17-20(26-27-29)12-11-18(15-23(30)32-7-2)21-10-8-9-19-16-28(14-13-22(19)21)24(31)33-25(3,4)5/h8-10,17-18H,6-7,11-16H2,1-5H3. The number of benzene rings is 1. The van der Waals surface area contributed by atoms with Crippen LogP contribution in [0.4, 0.5) is 4.79 Å². The van der Waals surface area contributed by atoms with Crippen molar-refractivity contribution in [1.29, 1.82) is 0 Å². The Kier molecular flexibility index (Phi) is 8.10. The molecule has 1 atom stereocenters. The van der Waals surface area contributed by atoms with Crippen LogP contribution in [-0.2, 0) is 40.2 Å². The molecule has 0 fully saturated rings. The summed E-state index contributed by atoms with van der Waals surface area (Å²) in [5, 5.41) is 8.37. The van der Waals surface area contributed by atoms with E-state index in [9.17, 15) is 9.59 Å². The number of aromatic nitrogens is 3. The zero-order chi connectivity index (χ0) is 24.0. The van der Waals surface area contributed by atoms with Crippen LogP contribution in [0.25, 0.3) is 0 Å². The molecule has 1 aliphatic rings. The largest absolute Gasteiger partial charge is 0.466 e. The van der Waals surface area contributed by atoms with Gasteiger partial charge in [0.15, 0.2) is 0 Å². The first-order chi connectivity index (χ1) is 15.7. The summed E-state index contributed by atoms with van der Waals surface area (Å²) in [4.78, 5) is 26.7. The summed E-state index contributed by atoms with van der Waals surface area (Å²) in [6.07, 6.45) is 4.23. The third kappa shape index (κ3) is 6.79.